The lowest BCUT2D eigenvalue weighted by molar-refractivity contribution is -0.137. The van der Waals surface area contributed by atoms with Crippen molar-refractivity contribution in [3.63, 3.8) is 0 Å². The molecule has 0 aliphatic heterocycles. The second-order valence-corrected chi connectivity index (χ2v) is 7.34. The van der Waals surface area contributed by atoms with Gasteiger partial charge >= 0.3 is 11.9 Å². The zero-order valence-electron chi connectivity index (χ0n) is 17.5. The fourth-order valence-electron chi connectivity index (χ4n) is 3.33. The molecule has 32 heavy (non-hydrogen) atoms. The molecule has 0 atom stereocenters. The minimum atomic E-state index is -0.954. The molecule has 2 heterocycles. The van der Waals surface area contributed by atoms with Gasteiger partial charge in [-0.15, -0.1) is 0 Å². The summed E-state index contributed by atoms with van der Waals surface area (Å²) in [6.45, 7) is 3.40. The predicted molar refractivity (Wildman–Crippen MR) is 115 cm³/mol. The van der Waals surface area contributed by atoms with Gasteiger partial charge in [0.25, 0.3) is 0 Å². The van der Waals surface area contributed by atoms with E-state index in [-0.39, 0.29) is 12.8 Å². The van der Waals surface area contributed by atoms with Gasteiger partial charge in [0.15, 0.2) is 0 Å². The third-order valence-electron chi connectivity index (χ3n) is 5.02. The van der Waals surface area contributed by atoms with Crippen LogP contribution in [0.25, 0.3) is 34.0 Å². The highest BCUT2D eigenvalue weighted by Crippen LogP contribution is 2.28. The molecule has 4 aromatic rings. The van der Waals surface area contributed by atoms with Crippen molar-refractivity contribution in [2.24, 2.45) is 0 Å². The van der Waals surface area contributed by atoms with Crippen LogP contribution >= 0.6 is 0 Å². The number of carboxylic acids is 2. The monoisotopic (exact) mass is 432 g/mol. The number of carbonyl (C=O) groups is 2. The fraction of sp³-hybridized carbons (Fsp3) is 0.167. The van der Waals surface area contributed by atoms with Gasteiger partial charge in [-0.2, -0.15) is 0 Å². The van der Waals surface area contributed by atoms with Gasteiger partial charge in [-0.3, -0.25) is 9.59 Å². The quantitative estimate of drug-likeness (QED) is 0.436. The van der Waals surface area contributed by atoms with E-state index in [9.17, 15) is 9.59 Å². The molecule has 0 saturated heterocycles. The topological polar surface area (TPSA) is 127 Å². The number of aliphatic carboxylic acids is 2. The van der Waals surface area contributed by atoms with E-state index in [1.807, 2.05) is 48.5 Å². The van der Waals surface area contributed by atoms with Crippen molar-refractivity contribution >= 4 is 11.9 Å². The lowest BCUT2D eigenvalue weighted by Crippen LogP contribution is -2.01. The van der Waals surface area contributed by atoms with E-state index >= 15 is 0 Å². The number of nitrogens with zero attached hydrogens (tertiary/aromatic N) is 2. The number of benzene rings is 2. The molecule has 0 unspecified atom stereocenters. The average molecular weight is 432 g/mol. The van der Waals surface area contributed by atoms with Crippen LogP contribution in [0.1, 0.15) is 22.9 Å². The van der Waals surface area contributed by atoms with Crippen molar-refractivity contribution in [1.82, 2.24) is 9.97 Å². The van der Waals surface area contributed by atoms with Crippen LogP contribution in [0.2, 0.25) is 0 Å². The highest BCUT2D eigenvalue weighted by molar-refractivity contribution is 5.72. The van der Waals surface area contributed by atoms with Gasteiger partial charge in [0.05, 0.1) is 24.2 Å². The number of hydrogen-bond acceptors (Lipinski definition) is 6. The first-order valence-electron chi connectivity index (χ1n) is 9.87. The van der Waals surface area contributed by atoms with Crippen molar-refractivity contribution in [3.8, 4) is 34.0 Å². The van der Waals surface area contributed by atoms with Crippen LogP contribution in [-0.4, -0.2) is 32.1 Å². The average Bonchev–Trinajstić information content (AvgIpc) is 3.30. The van der Waals surface area contributed by atoms with Gasteiger partial charge in [-0.25, -0.2) is 9.97 Å². The first kappa shape index (κ1) is 21.0. The van der Waals surface area contributed by atoms with Gasteiger partial charge in [-0.1, -0.05) is 24.3 Å². The largest absolute Gasteiger partial charge is 0.481 e. The lowest BCUT2D eigenvalue weighted by Gasteiger charge is -2.04. The van der Waals surface area contributed by atoms with Gasteiger partial charge < -0.3 is 19.0 Å². The molecule has 0 bridgehead atoms. The Kier molecular flexibility index (Phi) is 5.59. The number of carboxylic acid groups (broad SMARTS) is 2. The molecule has 162 valence electrons. The molecular formula is C24H20N2O6. The molecule has 0 aliphatic rings. The summed E-state index contributed by atoms with van der Waals surface area (Å²) >= 11 is 0. The van der Waals surface area contributed by atoms with Crippen molar-refractivity contribution in [2.45, 2.75) is 26.7 Å². The minimum absolute atomic E-state index is 0.179. The van der Waals surface area contributed by atoms with E-state index in [4.69, 9.17) is 19.0 Å². The molecule has 0 radical (unpaired) electrons. The van der Waals surface area contributed by atoms with Crippen LogP contribution in [0.5, 0.6) is 0 Å². The molecule has 2 aromatic carbocycles. The Balaban J connectivity index is 1.53. The summed E-state index contributed by atoms with van der Waals surface area (Å²) in [7, 11) is 0. The standard InChI is InChI=1S/C24H20N2O6/c1-13-19(11-21(27)28)25-23(31-13)17-7-3-15(4-8-17)16-5-9-18(10-6-16)24-26-20(12-22(29)30)14(2)32-24/h3-10H,11-12H2,1-2H3,(H,27,28)(H,29,30). The normalized spacial score (nSPS) is 10.9. The molecule has 8 heteroatoms. The summed E-state index contributed by atoms with van der Waals surface area (Å²) in [5.41, 5.74) is 4.30. The maximum absolute atomic E-state index is 10.9. The summed E-state index contributed by atoms with van der Waals surface area (Å²) in [6, 6.07) is 15.2. The fourth-order valence-corrected chi connectivity index (χ4v) is 3.33. The van der Waals surface area contributed by atoms with Crippen LogP contribution < -0.4 is 0 Å². The van der Waals surface area contributed by atoms with Crippen LogP contribution in [0.15, 0.2) is 57.4 Å². The molecule has 2 N–H and O–H groups in total. The number of hydrogen-bond donors (Lipinski definition) is 2. The van der Waals surface area contributed by atoms with E-state index in [0.29, 0.717) is 34.7 Å². The molecule has 4 rings (SSSR count). The Hall–Kier alpha value is -4.20. The Bertz CT molecular complexity index is 1180. The van der Waals surface area contributed by atoms with Crippen molar-refractivity contribution < 1.29 is 28.6 Å². The zero-order valence-corrected chi connectivity index (χ0v) is 17.5. The Morgan fingerprint density at radius 1 is 0.656 bits per heavy atom. The minimum Gasteiger partial charge on any atom is -0.481 e. The number of aromatic nitrogens is 2. The highest BCUT2D eigenvalue weighted by atomic mass is 16.4. The Morgan fingerprint density at radius 2 is 0.969 bits per heavy atom. The maximum atomic E-state index is 10.9. The SMILES string of the molecule is Cc1oc(-c2ccc(-c3ccc(-c4nc(CC(=O)O)c(C)o4)cc3)cc2)nc1CC(=O)O. The van der Waals surface area contributed by atoms with E-state index in [1.54, 1.807) is 13.8 Å². The predicted octanol–water partition coefficient (Wildman–Crippen LogP) is 4.53. The number of oxazole rings is 2. The van der Waals surface area contributed by atoms with Gasteiger partial charge in [0.2, 0.25) is 11.8 Å². The Morgan fingerprint density at radius 3 is 1.28 bits per heavy atom. The lowest BCUT2D eigenvalue weighted by atomic mass is 10.0. The van der Waals surface area contributed by atoms with Gasteiger partial charge in [0, 0.05) is 11.1 Å². The molecule has 0 amide bonds. The molecule has 0 saturated carbocycles. The van der Waals surface area contributed by atoms with Crippen LogP contribution in [-0.2, 0) is 22.4 Å². The summed E-state index contributed by atoms with van der Waals surface area (Å²) < 4.78 is 11.2. The molecule has 0 fully saturated rings. The zero-order chi connectivity index (χ0) is 22.8. The van der Waals surface area contributed by atoms with Crippen molar-refractivity contribution in [1.29, 1.82) is 0 Å². The first-order valence-corrected chi connectivity index (χ1v) is 9.87. The van der Waals surface area contributed by atoms with Crippen LogP contribution in [0.3, 0.4) is 0 Å². The number of rotatable bonds is 7. The van der Waals surface area contributed by atoms with Gasteiger partial charge in [-0.05, 0) is 49.2 Å². The molecule has 0 spiro atoms. The van der Waals surface area contributed by atoms with E-state index in [0.717, 1.165) is 22.3 Å². The second kappa shape index (κ2) is 8.50. The van der Waals surface area contributed by atoms with Crippen molar-refractivity contribution in [2.75, 3.05) is 0 Å². The third-order valence-corrected chi connectivity index (χ3v) is 5.02. The van der Waals surface area contributed by atoms with Crippen LogP contribution in [0.4, 0.5) is 0 Å². The summed E-state index contributed by atoms with van der Waals surface area (Å²) in [5, 5.41) is 17.9. The first-order chi connectivity index (χ1) is 15.3. The van der Waals surface area contributed by atoms with Crippen LogP contribution in [0, 0.1) is 13.8 Å². The molecule has 2 aromatic heterocycles. The van der Waals surface area contributed by atoms with Gasteiger partial charge in [0.1, 0.15) is 11.5 Å². The summed E-state index contributed by atoms with van der Waals surface area (Å²) in [4.78, 5) is 30.4. The molecule has 8 nitrogen and oxygen atoms in total. The second-order valence-electron chi connectivity index (χ2n) is 7.34. The number of aryl methyl sites for hydroxylation is 2. The maximum Gasteiger partial charge on any atom is 0.309 e. The van der Waals surface area contributed by atoms with E-state index in [2.05, 4.69) is 9.97 Å². The molecular weight excluding hydrogens is 412 g/mol. The smallest absolute Gasteiger partial charge is 0.309 e. The highest BCUT2D eigenvalue weighted by Gasteiger charge is 2.15. The summed E-state index contributed by atoms with van der Waals surface area (Å²) in [6.07, 6.45) is -0.358. The Labute approximate surface area is 183 Å². The van der Waals surface area contributed by atoms with Crippen molar-refractivity contribution in [3.05, 3.63) is 71.4 Å². The third kappa shape index (κ3) is 4.44. The molecule has 0 aliphatic carbocycles. The summed E-state index contributed by atoms with van der Waals surface area (Å²) in [5.74, 6) is -0.144. The van der Waals surface area contributed by atoms with E-state index < -0.39 is 11.9 Å². The van der Waals surface area contributed by atoms with E-state index in [1.165, 1.54) is 0 Å².